The van der Waals surface area contributed by atoms with Crippen molar-refractivity contribution in [2.75, 3.05) is 13.1 Å². The van der Waals surface area contributed by atoms with E-state index >= 15 is 0 Å². The topological polar surface area (TPSA) is 45.6 Å². The van der Waals surface area contributed by atoms with Gasteiger partial charge in [-0.2, -0.15) is 0 Å². The van der Waals surface area contributed by atoms with E-state index in [1.54, 1.807) is 4.90 Å². The lowest BCUT2D eigenvalue weighted by molar-refractivity contribution is -0.133. The van der Waals surface area contributed by atoms with Crippen LogP contribution < -0.4 is 0 Å². The number of aromatic nitrogens is 1. The molecule has 35 heavy (non-hydrogen) atoms. The molecule has 2 amide bonds. The van der Waals surface area contributed by atoms with E-state index in [1.165, 1.54) is 11.1 Å². The molecule has 186 valence electrons. The molecule has 0 N–H and O–H groups in total. The lowest BCUT2D eigenvalue weighted by atomic mass is 10.1. The van der Waals surface area contributed by atoms with Crippen molar-refractivity contribution in [2.24, 2.45) is 0 Å². The standard InChI is InChI=1S/C30H39N3O2/c1-6-7-17-32(21-27-15-11-18-31(27)20-26-14-10-12-24(4)19-26)29(34)22-33(23(2)3)30(35)28-16-9-8-13-25(28)5/h8-16,18-19,23H,6-7,17,20-22H2,1-5H3. The number of carbonyl (C=O) groups is 2. The molecule has 5 heteroatoms. The van der Waals surface area contributed by atoms with Gasteiger partial charge >= 0.3 is 0 Å². The van der Waals surface area contributed by atoms with Gasteiger partial charge in [0.05, 0.1) is 6.54 Å². The summed E-state index contributed by atoms with van der Waals surface area (Å²) in [6.07, 6.45) is 4.00. The fraction of sp³-hybridized carbons (Fsp3) is 0.400. The van der Waals surface area contributed by atoms with Crippen molar-refractivity contribution in [3.63, 3.8) is 0 Å². The van der Waals surface area contributed by atoms with Gasteiger partial charge in [-0.25, -0.2) is 0 Å². The molecule has 0 bridgehead atoms. The summed E-state index contributed by atoms with van der Waals surface area (Å²) < 4.78 is 2.21. The van der Waals surface area contributed by atoms with Crippen LogP contribution in [0.15, 0.2) is 66.9 Å². The predicted molar refractivity (Wildman–Crippen MR) is 142 cm³/mol. The first kappa shape index (κ1) is 26.3. The molecule has 0 unspecified atom stereocenters. The Bertz CT molecular complexity index is 1130. The van der Waals surface area contributed by atoms with Gasteiger partial charge in [0, 0.05) is 36.6 Å². The van der Waals surface area contributed by atoms with Crippen LogP contribution in [0.3, 0.4) is 0 Å². The smallest absolute Gasteiger partial charge is 0.254 e. The van der Waals surface area contributed by atoms with Gasteiger partial charge in [-0.1, -0.05) is 61.4 Å². The fourth-order valence-corrected chi connectivity index (χ4v) is 4.29. The second-order valence-corrected chi connectivity index (χ2v) is 9.63. The van der Waals surface area contributed by atoms with Gasteiger partial charge in [0.25, 0.3) is 5.91 Å². The zero-order valence-electron chi connectivity index (χ0n) is 21.8. The number of carbonyl (C=O) groups excluding carboxylic acids is 2. The quantitative estimate of drug-likeness (QED) is 0.352. The average Bonchev–Trinajstić information content (AvgIpc) is 3.26. The summed E-state index contributed by atoms with van der Waals surface area (Å²) in [6.45, 7) is 12.1. The Morgan fingerprint density at radius 2 is 1.74 bits per heavy atom. The minimum Gasteiger partial charge on any atom is -0.345 e. The molecule has 0 saturated carbocycles. The van der Waals surface area contributed by atoms with Gasteiger partial charge in [-0.15, -0.1) is 0 Å². The third-order valence-corrected chi connectivity index (χ3v) is 6.41. The number of aryl methyl sites for hydroxylation is 2. The highest BCUT2D eigenvalue weighted by molar-refractivity contribution is 5.97. The summed E-state index contributed by atoms with van der Waals surface area (Å²) in [5, 5.41) is 0. The van der Waals surface area contributed by atoms with E-state index in [1.807, 2.05) is 56.0 Å². The number of unbranched alkanes of at least 4 members (excludes halogenated alkanes) is 1. The lowest BCUT2D eigenvalue weighted by Gasteiger charge is -2.31. The van der Waals surface area contributed by atoms with E-state index in [2.05, 4.69) is 54.9 Å². The van der Waals surface area contributed by atoms with Gasteiger partial charge in [0.2, 0.25) is 5.91 Å². The second-order valence-electron chi connectivity index (χ2n) is 9.63. The van der Waals surface area contributed by atoms with Crippen molar-refractivity contribution in [3.05, 3.63) is 94.8 Å². The van der Waals surface area contributed by atoms with E-state index in [0.29, 0.717) is 18.7 Å². The average molecular weight is 474 g/mol. The van der Waals surface area contributed by atoms with Crippen LogP contribution >= 0.6 is 0 Å². The minimum absolute atomic E-state index is 0.0163. The Kier molecular flexibility index (Phi) is 9.30. The van der Waals surface area contributed by atoms with Crippen molar-refractivity contribution in [1.29, 1.82) is 0 Å². The Balaban J connectivity index is 1.78. The molecule has 3 rings (SSSR count). The number of benzene rings is 2. The molecule has 0 atom stereocenters. The molecule has 5 nitrogen and oxygen atoms in total. The molecule has 0 aliphatic carbocycles. The fourth-order valence-electron chi connectivity index (χ4n) is 4.29. The largest absolute Gasteiger partial charge is 0.345 e. The van der Waals surface area contributed by atoms with Gasteiger partial charge in [-0.3, -0.25) is 9.59 Å². The second kappa shape index (κ2) is 12.4. The van der Waals surface area contributed by atoms with Crippen LogP contribution in [0, 0.1) is 13.8 Å². The molecule has 0 aliphatic heterocycles. The highest BCUT2D eigenvalue weighted by atomic mass is 16.2. The van der Waals surface area contributed by atoms with Crippen molar-refractivity contribution in [3.8, 4) is 0 Å². The highest BCUT2D eigenvalue weighted by Gasteiger charge is 2.25. The monoisotopic (exact) mass is 473 g/mol. The Labute approximate surface area is 210 Å². The Morgan fingerprint density at radius 3 is 2.43 bits per heavy atom. The van der Waals surface area contributed by atoms with Gasteiger partial charge < -0.3 is 14.4 Å². The maximum absolute atomic E-state index is 13.5. The maximum Gasteiger partial charge on any atom is 0.254 e. The zero-order chi connectivity index (χ0) is 25.4. The molecule has 2 aromatic carbocycles. The molecule has 1 heterocycles. The summed E-state index contributed by atoms with van der Waals surface area (Å²) >= 11 is 0. The zero-order valence-corrected chi connectivity index (χ0v) is 21.8. The molecular formula is C30H39N3O2. The summed E-state index contributed by atoms with van der Waals surface area (Å²) in [6, 6.07) is 20.1. The SMILES string of the molecule is CCCCN(Cc1cccn1Cc1cccc(C)c1)C(=O)CN(C(=O)c1ccccc1C)C(C)C. The first-order valence-electron chi connectivity index (χ1n) is 12.6. The van der Waals surface area contributed by atoms with E-state index < -0.39 is 0 Å². The first-order valence-corrected chi connectivity index (χ1v) is 12.6. The number of hydrogen-bond acceptors (Lipinski definition) is 2. The molecule has 0 fully saturated rings. The Hall–Kier alpha value is -3.34. The lowest BCUT2D eigenvalue weighted by Crippen LogP contribution is -2.46. The molecule has 0 spiro atoms. The minimum atomic E-state index is -0.0929. The number of nitrogens with zero attached hydrogens (tertiary/aromatic N) is 3. The van der Waals surface area contributed by atoms with Crippen LogP contribution in [0.4, 0.5) is 0 Å². The summed E-state index contributed by atoms with van der Waals surface area (Å²) in [5.41, 5.74) is 5.15. The van der Waals surface area contributed by atoms with Crippen LogP contribution in [0.2, 0.25) is 0 Å². The molecule has 0 aliphatic rings. The first-order chi connectivity index (χ1) is 16.8. The number of amides is 2. The third kappa shape index (κ3) is 7.08. The predicted octanol–water partition coefficient (Wildman–Crippen LogP) is 5.83. The van der Waals surface area contributed by atoms with Crippen LogP contribution in [0.5, 0.6) is 0 Å². The molecule has 0 saturated heterocycles. The van der Waals surface area contributed by atoms with Crippen molar-refractivity contribution in [2.45, 2.75) is 66.6 Å². The molecule has 0 radical (unpaired) electrons. The maximum atomic E-state index is 13.5. The van der Waals surface area contributed by atoms with Crippen LogP contribution in [0.1, 0.15) is 66.4 Å². The third-order valence-electron chi connectivity index (χ3n) is 6.41. The van der Waals surface area contributed by atoms with E-state index in [9.17, 15) is 9.59 Å². The number of hydrogen-bond donors (Lipinski definition) is 0. The Morgan fingerprint density at radius 1 is 0.971 bits per heavy atom. The summed E-state index contributed by atoms with van der Waals surface area (Å²) in [4.78, 5) is 30.5. The van der Waals surface area contributed by atoms with Gasteiger partial charge in [0.1, 0.15) is 6.54 Å². The molecule has 3 aromatic rings. The molecule has 1 aromatic heterocycles. The summed E-state index contributed by atoms with van der Waals surface area (Å²) in [5.74, 6) is -0.109. The van der Waals surface area contributed by atoms with Crippen molar-refractivity contribution < 1.29 is 9.59 Å². The normalized spacial score (nSPS) is 11.0. The van der Waals surface area contributed by atoms with Crippen molar-refractivity contribution in [1.82, 2.24) is 14.4 Å². The molecular weight excluding hydrogens is 434 g/mol. The van der Waals surface area contributed by atoms with E-state index in [0.717, 1.165) is 30.6 Å². The van der Waals surface area contributed by atoms with Gasteiger partial charge in [0.15, 0.2) is 0 Å². The highest BCUT2D eigenvalue weighted by Crippen LogP contribution is 2.16. The van der Waals surface area contributed by atoms with Crippen LogP contribution in [0.25, 0.3) is 0 Å². The number of rotatable bonds is 11. The van der Waals surface area contributed by atoms with Crippen molar-refractivity contribution >= 4 is 11.8 Å². The van der Waals surface area contributed by atoms with Gasteiger partial charge in [-0.05, 0) is 63.4 Å². The van der Waals surface area contributed by atoms with Crippen LogP contribution in [-0.4, -0.2) is 45.3 Å². The van der Waals surface area contributed by atoms with Crippen LogP contribution in [-0.2, 0) is 17.9 Å². The summed E-state index contributed by atoms with van der Waals surface area (Å²) in [7, 11) is 0. The van der Waals surface area contributed by atoms with E-state index in [-0.39, 0.29) is 24.4 Å². The van der Waals surface area contributed by atoms with E-state index in [4.69, 9.17) is 0 Å².